The van der Waals surface area contributed by atoms with Crippen molar-refractivity contribution in [2.45, 2.75) is 63.2 Å². The molecule has 0 spiro atoms. The number of benzene rings is 1. The molecule has 178 valence electrons. The van der Waals surface area contributed by atoms with Crippen molar-refractivity contribution < 1.29 is 9.59 Å². The van der Waals surface area contributed by atoms with Gasteiger partial charge in [-0.15, -0.1) is 17.9 Å². The van der Waals surface area contributed by atoms with Crippen LogP contribution in [-0.4, -0.2) is 33.0 Å². The van der Waals surface area contributed by atoms with E-state index in [0.29, 0.717) is 18.1 Å². The van der Waals surface area contributed by atoms with Crippen LogP contribution in [0, 0.1) is 0 Å². The minimum Gasteiger partial charge on any atom is -0.345 e. The Balaban J connectivity index is 1.53. The van der Waals surface area contributed by atoms with Crippen molar-refractivity contribution in [1.82, 2.24) is 14.9 Å². The van der Waals surface area contributed by atoms with Gasteiger partial charge in [0.25, 0.3) is 5.56 Å². The second-order valence-corrected chi connectivity index (χ2v) is 10.6. The Morgan fingerprint density at radius 1 is 1.24 bits per heavy atom. The van der Waals surface area contributed by atoms with E-state index in [9.17, 15) is 14.4 Å². The number of ketones is 1. The number of thioether (sulfide) groups is 1. The number of nitrogens with zero attached hydrogens (tertiary/aromatic N) is 2. The van der Waals surface area contributed by atoms with Crippen molar-refractivity contribution in [2.75, 3.05) is 5.75 Å². The largest absolute Gasteiger partial charge is 0.345 e. The lowest BCUT2D eigenvalue weighted by Gasteiger charge is -2.16. The molecule has 6 nitrogen and oxygen atoms in total. The van der Waals surface area contributed by atoms with E-state index in [1.54, 1.807) is 22.0 Å². The van der Waals surface area contributed by atoms with Gasteiger partial charge in [0.15, 0.2) is 10.9 Å². The number of nitrogens with one attached hydrogen (secondary N) is 1. The first-order valence-electron chi connectivity index (χ1n) is 11.6. The van der Waals surface area contributed by atoms with Gasteiger partial charge in [0.05, 0.1) is 17.2 Å². The molecule has 0 saturated carbocycles. The number of Topliss-reactive ketones (excluding diaryl/α,β-unsaturated/α-hetero) is 1. The van der Waals surface area contributed by atoms with Crippen LogP contribution in [0.3, 0.4) is 0 Å². The van der Waals surface area contributed by atoms with Gasteiger partial charge >= 0.3 is 0 Å². The Bertz CT molecular complexity index is 1260. The molecule has 0 aliphatic heterocycles. The molecule has 4 rings (SSSR count). The third-order valence-corrected chi connectivity index (χ3v) is 8.20. The summed E-state index contributed by atoms with van der Waals surface area (Å²) >= 11 is 2.83. The summed E-state index contributed by atoms with van der Waals surface area (Å²) in [7, 11) is 0. The lowest BCUT2D eigenvalue weighted by Crippen LogP contribution is -2.42. The monoisotopic (exact) mass is 495 g/mol. The standard InChI is InChI=1S/C26H29N3O3S2/c1-3-14-29-25(32)23-19-12-8-5-9-13-21(19)34-24(23)28-26(29)33-16-22(31)27-20(17(2)30)15-18-10-6-4-7-11-18/h3-4,6-7,10-11,20H,1,5,8-9,12-16H2,2H3,(H,27,31). The number of thiophene rings is 1. The fourth-order valence-electron chi connectivity index (χ4n) is 4.31. The zero-order valence-electron chi connectivity index (χ0n) is 19.3. The number of carbonyl (C=O) groups excluding carboxylic acids is 2. The van der Waals surface area contributed by atoms with Gasteiger partial charge in [-0.05, 0) is 50.2 Å². The molecule has 1 atom stereocenters. The Hall–Kier alpha value is -2.71. The zero-order valence-corrected chi connectivity index (χ0v) is 21.0. The van der Waals surface area contributed by atoms with Gasteiger partial charge in [-0.2, -0.15) is 0 Å². The smallest absolute Gasteiger partial charge is 0.263 e. The van der Waals surface area contributed by atoms with E-state index in [1.807, 2.05) is 30.3 Å². The average molecular weight is 496 g/mol. The first-order valence-corrected chi connectivity index (χ1v) is 13.4. The predicted octanol–water partition coefficient (Wildman–Crippen LogP) is 4.32. The van der Waals surface area contributed by atoms with Crippen LogP contribution in [0.15, 0.2) is 52.9 Å². The summed E-state index contributed by atoms with van der Waals surface area (Å²) in [6, 6.07) is 9.03. The second-order valence-electron chi connectivity index (χ2n) is 8.55. The molecule has 0 saturated heterocycles. The lowest BCUT2D eigenvalue weighted by atomic mass is 10.0. The van der Waals surface area contributed by atoms with Crippen LogP contribution >= 0.6 is 23.1 Å². The number of aryl methyl sites for hydroxylation is 2. The van der Waals surface area contributed by atoms with Crippen LogP contribution in [0.4, 0.5) is 0 Å². The summed E-state index contributed by atoms with van der Waals surface area (Å²) in [5.41, 5.74) is 2.09. The maximum Gasteiger partial charge on any atom is 0.263 e. The van der Waals surface area contributed by atoms with Crippen LogP contribution in [0.1, 0.15) is 42.2 Å². The van der Waals surface area contributed by atoms with Crippen molar-refractivity contribution in [1.29, 1.82) is 0 Å². The molecule has 8 heteroatoms. The highest BCUT2D eigenvalue weighted by atomic mass is 32.2. The topological polar surface area (TPSA) is 81.1 Å². The highest BCUT2D eigenvalue weighted by molar-refractivity contribution is 7.99. The summed E-state index contributed by atoms with van der Waals surface area (Å²) in [5.74, 6) is -0.286. The Morgan fingerprint density at radius 3 is 2.74 bits per heavy atom. The molecule has 1 amide bonds. The Labute approximate surface area is 207 Å². The van der Waals surface area contributed by atoms with Gasteiger partial charge in [0.1, 0.15) is 4.83 Å². The molecule has 34 heavy (non-hydrogen) atoms. The molecule has 0 fully saturated rings. The summed E-state index contributed by atoms with van der Waals surface area (Å²) in [4.78, 5) is 45.1. The molecular weight excluding hydrogens is 466 g/mol. The first kappa shape index (κ1) is 24.4. The van der Waals surface area contributed by atoms with Gasteiger partial charge in [0, 0.05) is 11.4 Å². The molecule has 1 N–H and O–H groups in total. The van der Waals surface area contributed by atoms with Crippen molar-refractivity contribution in [3.05, 3.63) is 69.3 Å². The van der Waals surface area contributed by atoms with E-state index in [0.717, 1.165) is 47.0 Å². The number of carbonyl (C=O) groups is 2. The third kappa shape index (κ3) is 5.50. The minimum atomic E-state index is -0.589. The highest BCUT2D eigenvalue weighted by Gasteiger charge is 2.22. The molecule has 1 unspecified atom stereocenters. The van der Waals surface area contributed by atoms with Gasteiger partial charge in [-0.3, -0.25) is 19.0 Å². The van der Waals surface area contributed by atoms with Crippen molar-refractivity contribution in [2.24, 2.45) is 0 Å². The van der Waals surface area contributed by atoms with Crippen LogP contribution in [0.2, 0.25) is 0 Å². The fraction of sp³-hybridized carbons (Fsp3) is 0.385. The summed E-state index contributed by atoms with van der Waals surface area (Å²) < 4.78 is 1.61. The predicted molar refractivity (Wildman–Crippen MR) is 139 cm³/mol. The van der Waals surface area contributed by atoms with Crippen LogP contribution in [-0.2, 0) is 35.4 Å². The van der Waals surface area contributed by atoms with Crippen LogP contribution in [0.25, 0.3) is 10.2 Å². The number of rotatable bonds is 9. The molecule has 0 radical (unpaired) electrons. The fourth-order valence-corrected chi connectivity index (χ4v) is 6.43. The van der Waals surface area contributed by atoms with Gasteiger partial charge in [-0.1, -0.05) is 54.6 Å². The molecule has 1 aliphatic rings. The minimum absolute atomic E-state index is 0.0575. The summed E-state index contributed by atoms with van der Waals surface area (Å²) in [5, 5.41) is 4.08. The van der Waals surface area contributed by atoms with E-state index in [4.69, 9.17) is 4.98 Å². The summed E-state index contributed by atoms with van der Waals surface area (Å²) in [6.45, 7) is 5.61. The molecule has 3 aromatic rings. The number of amides is 1. The molecule has 2 aromatic heterocycles. The second kappa shape index (κ2) is 11.1. The molecule has 1 aromatic carbocycles. The van der Waals surface area contributed by atoms with E-state index >= 15 is 0 Å². The molecular formula is C26H29N3O3S2. The van der Waals surface area contributed by atoms with E-state index in [2.05, 4.69) is 11.9 Å². The van der Waals surface area contributed by atoms with E-state index in [1.165, 1.54) is 30.0 Å². The van der Waals surface area contributed by atoms with Crippen molar-refractivity contribution in [3.8, 4) is 0 Å². The Morgan fingerprint density at radius 2 is 2.00 bits per heavy atom. The van der Waals surface area contributed by atoms with Crippen LogP contribution < -0.4 is 10.9 Å². The number of fused-ring (bicyclic) bond motifs is 3. The quantitative estimate of drug-likeness (QED) is 0.207. The highest BCUT2D eigenvalue weighted by Crippen LogP contribution is 2.34. The molecule has 1 aliphatic carbocycles. The molecule has 2 heterocycles. The number of hydrogen-bond acceptors (Lipinski definition) is 6. The average Bonchev–Trinajstić information content (AvgIpc) is 3.01. The van der Waals surface area contributed by atoms with Gasteiger partial charge in [-0.25, -0.2) is 4.98 Å². The maximum absolute atomic E-state index is 13.4. The van der Waals surface area contributed by atoms with Crippen LogP contribution in [0.5, 0.6) is 0 Å². The van der Waals surface area contributed by atoms with E-state index < -0.39 is 6.04 Å². The maximum atomic E-state index is 13.4. The normalized spacial score (nSPS) is 14.3. The number of aromatic nitrogens is 2. The van der Waals surface area contributed by atoms with Crippen molar-refractivity contribution in [3.63, 3.8) is 0 Å². The Kier molecular flexibility index (Phi) is 8.00. The zero-order chi connectivity index (χ0) is 24.1. The van der Waals surface area contributed by atoms with Crippen molar-refractivity contribution >= 4 is 45.0 Å². The number of hydrogen-bond donors (Lipinski definition) is 1. The number of allylic oxidation sites excluding steroid dienone is 1. The molecule has 0 bridgehead atoms. The lowest BCUT2D eigenvalue weighted by molar-refractivity contribution is -0.125. The first-order chi connectivity index (χ1) is 16.5. The SMILES string of the molecule is C=CCn1c(SCC(=O)NC(Cc2ccccc2)C(C)=O)nc2sc3c(c2c1=O)CCCCC3. The van der Waals surface area contributed by atoms with Gasteiger partial charge in [0.2, 0.25) is 5.91 Å². The summed E-state index contributed by atoms with van der Waals surface area (Å²) in [6.07, 6.45) is 7.46. The third-order valence-electron chi connectivity index (χ3n) is 6.04. The van der Waals surface area contributed by atoms with E-state index in [-0.39, 0.29) is 23.0 Å². The van der Waals surface area contributed by atoms with Gasteiger partial charge < -0.3 is 5.32 Å².